The zero-order valence-electron chi connectivity index (χ0n) is 8.27. The SMILES string of the molecule is C=CCC(C)(C=O)[Se]c1ccccc1. The molecule has 1 rings (SSSR count). The summed E-state index contributed by atoms with van der Waals surface area (Å²) in [4.78, 5) is 11.0. The van der Waals surface area contributed by atoms with Crippen molar-refractivity contribution < 1.29 is 4.79 Å². The second-order valence-corrected chi connectivity index (χ2v) is 6.71. The van der Waals surface area contributed by atoms with Gasteiger partial charge < -0.3 is 0 Å². The van der Waals surface area contributed by atoms with Crippen molar-refractivity contribution in [3.8, 4) is 0 Å². The van der Waals surface area contributed by atoms with Crippen LogP contribution in [0.1, 0.15) is 13.3 Å². The predicted octanol–water partition coefficient (Wildman–Crippen LogP) is 1.97. The van der Waals surface area contributed by atoms with Crippen LogP contribution in [-0.4, -0.2) is 21.2 Å². The van der Waals surface area contributed by atoms with Gasteiger partial charge in [0.1, 0.15) is 0 Å². The Hall–Kier alpha value is -0.851. The van der Waals surface area contributed by atoms with Crippen molar-refractivity contribution in [3.05, 3.63) is 43.0 Å². The van der Waals surface area contributed by atoms with Gasteiger partial charge >= 0.3 is 91.1 Å². The number of allylic oxidation sites excluding steroid dienone is 1. The third-order valence-electron chi connectivity index (χ3n) is 1.89. The summed E-state index contributed by atoms with van der Waals surface area (Å²) in [6, 6.07) is 10.2. The van der Waals surface area contributed by atoms with Crippen LogP contribution < -0.4 is 4.46 Å². The van der Waals surface area contributed by atoms with Crippen LogP contribution in [0.25, 0.3) is 0 Å². The molecule has 1 nitrogen and oxygen atoms in total. The molecule has 1 aromatic carbocycles. The first-order chi connectivity index (χ1) is 6.70. The van der Waals surface area contributed by atoms with E-state index in [2.05, 4.69) is 18.7 Å². The van der Waals surface area contributed by atoms with Crippen LogP contribution in [-0.2, 0) is 4.79 Å². The van der Waals surface area contributed by atoms with E-state index in [4.69, 9.17) is 0 Å². The molecular formula is C12H14OSe. The summed E-state index contributed by atoms with van der Waals surface area (Å²) in [6.45, 7) is 5.68. The van der Waals surface area contributed by atoms with E-state index >= 15 is 0 Å². The molecule has 0 radical (unpaired) electrons. The molecule has 0 aromatic heterocycles. The average Bonchev–Trinajstić information content (AvgIpc) is 2.20. The van der Waals surface area contributed by atoms with Gasteiger partial charge in [-0.3, -0.25) is 0 Å². The Morgan fingerprint density at radius 3 is 2.57 bits per heavy atom. The van der Waals surface area contributed by atoms with Crippen molar-refractivity contribution in [1.82, 2.24) is 0 Å². The molecule has 0 heterocycles. The van der Waals surface area contributed by atoms with Crippen LogP contribution >= 0.6 is 0 Å². The molecule has 0 N–H and O–H groups in total. The van der Waals surface area contributed by atoms with Crippen LogP contribution in [0.15, 0.2) is 43.0 Å². The molecular weight excluding hydrogens is 239 g/mol. The summed E-state index contributed by atoms with van der Waals surface area (Å²) >= 11 is 0.185. The summed E-state index contributed by atoms with van der Waals surface area (Å²) in [5, 5.41) is 0. The maximum absolute atomic E-state index is 11.0. The molecule has 1 atom stereocenters. The fourth-order valence-electron chi connectivity index (χ4n) is 1.16. The Morgan fingerprint density at radius 1 is 1.43 bits per heavy atom. The van der Waals surface area contributed by atoms with Gasteiger partial charge in [-0.25, -0.2) is 0 Å². The topological polar surface area (TPSA) is 17.1 Å². The molecule has 0 amide bonds. The molecule has 0 aliphatic rings. The molecule has 0 spiro atoms. The predicted molar refractivity (Wildman–Crippen MR) is 61.1 cm³/mol. The van der Waals surface area contributed by atoms with Gasteiger partial charge in [-0.2, -0.15) is 0 Å². The Balaban J connectivity index is 2.75. The van der Waals surface area contributed by atoms with Crippen LogP contribution in [0.4, 0.5) is 0 Å². The summed E-state index contributed by atoms with van der Waals surface area (Å²) < 4.78 is 1.02. The van der Waals surface area contributed by atoms with Crippen molar-refractivity contribution in [1.29, 1.82) is 0 Å². The average molecular weight is 253 g/mol. The molecule has 1 aromatic rings. The fraction of sp³-hybridized carbons (Fsp3) is 0.250. The molecule has 74 valence electrons. The van der Waals surface area contributed by atoms with E-state index in [0.717, 1.165) is 12.7 Å². The van der Waals surface area contributed by atoms with Gasteiger partial charge in [0.05, 0.1) is 0 Å². The van der Waals surface area contributed by atoms with Crippen molar-refractivity contribution >= 4 is 25.7 Å². The van der Waals surface area contributed by atoms with Gasteiger partial charge in [-0.1, -0.05) is 0 Å². The van der Waals surface area contributed by atoms with Crippen LogP contribution in [0.2, 0.25) is 4.31 Å². The van der Waals surface area contributed by atoms with Crippen molar-refractivity contribution in [2.75, 3.05) is 0 Å². The van der Waals surface area contributed by atoms with Crippen molar-refractivity contribution in [2.24, 2.45) is 0 Å². The minimum atomic E-state index is -0.240. The van der Waals surface area contributed by atoms with Gasteiger partial charge in [0, 0.05) is 0 Å². The van der Waals surface area contributed by atoms with E-state index in [-0.39, 0.29) is 19.3 Å². The Bertz CT molecular complexity index is 307. The van der Waals surface area contributed by atoms with E-state index in [1.807, 2.05) is 31.2 Å². The molecule has 1 unspecified atom stereocenters. The summed E-state index contributed by atoms with van der Waals surface area (Å²) in [5.74, 6) is 0. The third kappa shape index (κ3) is 3.13. The van der Waals surface area contributed by atoms with Crippen molar-refractivity contribution in [2.45, 2.75) is 17.7 Å². The van der Waals surface area contributed by atoms with E-state index < -0.39 is 0 Å². The maximum atomic E-state index is 11.0. The molecule has 0 saturated carbocycles. The minimum absolute atomic E-state index is 0.185. The second-order valence-electron chi connectivity index (χ2n) is 3.34. The van der Waals surface area contributed by atoms with E-state index in [1.165, 1.54) is 4.46 Å². The van der Waals surface area contributed by atoms with Gasteiger partial charge in [0.25, 0.3) is 0 Å². The van der Waals surface area contributed by atoms with Crippen LogP contribution in [0.3, 0.4) is 0 Å². The number of carbonyl (C=O) groups excluding carboxylic acids is 1. The molecule has 0 bridgehead atoms. The number of rotatable bonds is 5. The first kappa shape index (κ1) is 11.2. The normalized spacial score (nSPS) is 14.4. The number of carbonyl (C=O) groups is 1. The molecule has 0 aliphatic carbocycles. The Morgan fingerprint density at radius 2 is 2.07 bits per heavy atom. The monoisotopic (exact) mass is 254 g/mol. The summed E-state index contributed by atoms with van der Waals surface area (Å²) in [5.41, 5.74) is 0. The third-order valence-corrected chi connectivity index (χ3v) is 4.49. The summed E-state index contributed by atoms with van der Waals surface area (Å²) in [6.07, 6.45) is 3.63. The van der Waals surface area contributed by atoms with Gasteiger partial charge in [0.2, 0.25) is 0 Å². The Kier molecular flexibility index (Phi) is 4.12. The number of aldehydes is 1. The molecule has 14 heavy (non-hydrogen) atoms. The zero-order chi connectivity index (χ0) is 10.4. The van der Waals surface area contributed by atoms with Gasteiger partial charge in [-0.05, 0) is 0 Å². The quantitative estimate of drug-likeness (QED) is 0.445. The summed E-state index contributed by atoms with van der Waals surface area (Å²) in [7, 11) is 0. The second kappa shape index (κ2) is 5.14. The standard InChI is InChI=1S/C12H14OSe/c1-3-9-12(2,10-13)14-11-7-5-4-6-8-11/h3-8,10H,1,9H2,2H3. The number of hydrogen-bond acceptors (Lipinski definition) is 1. The van der Waals surface area contributed by atoms with E-state index in [0.29, 0.717) is 0 Å². The van der Waals surface area contributed by atoms with Gasteiger partial charge in [-0.15, -0.1) is 0 Å². The first-order valence-electron chi connectivity index (χ1n) is 4.51. The Labute approximate surface area is 91.4 Å². The van der Waals surface area contributed by atoms with Crippen LogP contribution in [0.5, 0.6) is 0 Å². The van der Waals surface area contributed by atoms with Gasteiger partial charge in [0.15, 0.2) is 0 Å². The van der Waals surface area contributed by atoms with E-state index in [1.54, 1.807) is 0 Å². The molecule has 0 fully saturated rings. The number of hydrogen-bond donors (Lipinski definition) is 0. The van der Waals surface area contributed by atoms with Crippen molar-refractivity contribution in [3.63, 3.8) is 0 Å². The zero-order valence-corrected chi connectivity index (χ0v) is 9.99. The molecule has 2 heteroatoms. The fourth-order valence-corrected chi connectivity index (χ4v) is 3.43. The first-order valence-corrected chi connectivity index (χ1v) is 6.23. The van der Waals surface area contributed by atoms with Crippen LogP contribution in [0, 0.1) is 0 Å². The van der Waals surface area contributed by atoms with E-state index in [9.17, 15) is 4.79 Å². The molecule has 0 aliphatic heterocycles. The molecule has 0 saturated heterocycles. The number of benzene rings is 1.